The van der Waals surface area contributed by atoms with Gasteiger partial charge in [-0.25, -0.2) is 14.6 Å². The van der Waals surface area contributed by atoms with Crippen molar-refractivity contribution >= 4 is 57.1 Å². The number of carbonyl (C=O) groups excluding carboxylic acids is 3. The molecule has 1 aliphatic rings. The number of nitrogens with zero attached hydrogens (tertiary/aromatic N) is 4. The molecule has 3 aromatic rings. The lowest BCUT2D eigenvalue weighted by Gasteiger charge is -2.27. The molecule has 1 N–H and O–H groups in total. The zero-order valence-electron chi connectivity index (χ0n) is 20.3. The largest absolute Gasteiger partial charge is 0.462 e. The van der Waals surface area contributed by atoms with Gasteiger partial charge < -0.3 is 4.74 Å². The van der Waals surface area contributed by atoms with E-state index in [1.54, 1.807) is 36.3 Å². The zero-order valence-corrected chi connectivity index (χ0v) is 21.1. The van der Waals surface area contributed by atoms with Crippen molar-refractivity contribution in [3.05, 3.63) is 69.2 Å². The van der Waals surface area contributed by atoms with Crippen molar-refractivity contribution < 1.29 is 24.0 Å². The van der Waals surface area contributed by atoms with Crippen LogP contribution in [0, 0.1) is 17.0 Å². The number of benzene rings is 1. The fourth-order valence-corrected chi connectivity index (χ4v) is 4.87. The Balaban J connectivity index is 1.65. The molecule has 11 nitrogen and oxygen atoms in total. The topological polar surface area (TPSA) is 135 Å². The molecule has 0 unspecified atom stereocenters. The highest BCUT2D eigenvalue weighted by Gasteiger charge is 2.25. The Hall–Kier alpha value is -4.32. The molecule has 0 spiro atoms. The van der Waals surface area contributed by atoms with Crippen LogP contribution in [-0.4, -0.2) is 41.0 Å². The zero-order chi connectivity index (χ0) is 26.5. The van der Waals surface area contributed by atoms with Gasteiger partial charge in [0.05, 0.1) is 34.7 Å². The Kier molecular flexibility index (Phi) is 7.77. The molecule has 0 radical (unpaired) electrons. The second-order valence-corrected chi connectivity index (χ2v) is 9.12. The molecule has 0 saturated carbocycles. The summed E-state index contributed by atoms with van der Waals surface area (Å²) in [5, 5.41) is 16.0. The normalized spacial score (nSPS) is 13.2. The van der Waals surface area contributed by atoms with Crippen molar-refractivity contribution in [3.63, 3.8) is 0 Å². The number of non-ortho nitro benzene ring substituents is 1. The van der Waals surface area contributed by atoms with Crippen LogP contribution in [0.2, 0.25) is 0 Å². The van der Waals surface area contributed by atoms with Gasteiger partial charge in [0.25, 0.3) is 5.69 Å². The van der Waals surface area contributed by atoms with Crippen LogP contribution in [0.1, 0.15) is 42.1 Å². The van der Waals surface area contributed by atoms with Crippen LogP contribution in [0.15, 0.2) is 48.0 Å². The fourth-order valence-electron chi connectivity index (χ4n) is 3.93. The van der Waals surface area contributed by atoms with Gasteiger partial charge in [-0.3, -0.25) is 30.0 Å². The van der Waals surface area contributed by atoms with Crippen molar-refractivity contribution in [2.45, 2.75) is 33.1 Å². The van der Waals surface area contributed by atoms with E-state index in [2.05, 4.69) is 10.3 Å². The van der Waals surface area contributed by atoms with Crippen molar-refractivity contribution in [1.29, 1.82) is 0 Å². The maximum Gasteiger partial charge on any atom is 0.339 e. The average molecular weight is 524 g/mol. The van der Waals surface area contributed by atoms with E-state index in [-0.39, 0.29) is 18.2 Å². The second-order valence-electron chi connectivity index (χ2n) is 8.24. The number of piperidine rings is 1. The number of carbonyl (C=O) groups is 3. The van der Waals surface area contributed by atoms with Crippen LogP contribution >= 0.6 is 11.3 Å². The number of nitrogens with one attached hydrogen (secondary N) is 1. The van der Waals surface area contributed by atoms with Crippen LogP contribution in [0.25, 0.3) is 0 Å². The minimum absolute atomic E-state index is 0.00189. The van der Waals surface area contributed by atoms with Gasteiger partial charge in [-0.05, 0) is 56.5 Å². The van der Waals surface area contributed by atoms with Gasteiger partial charge in [0.15, 0.2) is 0 Å². The van der Waals surface area contributed by atoms with E-state index < -0.39 is 16.9 Å². The van der Waals surface area contributed by atoms with E-state index in [0.29, 0.717) is 46.3 Å². The SMILES string of the molecule is CCOC(=O)c1csc(NC(=O)N(c2ccc([N+](=O)[O-])cc2)c2ccc(N3CCCCC3=O)nc2)c1C. The van der Waals surface area contributed by atoms with Gasteiger partial charge in [-0.1, -0.05) is 0 Å². The molecule has 1 fully saturated rings. The molecule has 1 saturated heterocycles. The number of hydrogen-bond donors (Lipinski definition) is 1. The first-order valence-electron chi connectivity index (χ1n) is 11.7. The first-order valence-corrected chi connectivity index (χ1v) is 12.5. The lowest BCUT2D eigenvalue weighted by atomic mass is 10.1. The molecule has 0 bridgehead atoms. The summed E-state index contributed by atoms with van der Waals surface area (Å²) in [7, 11) is 0. The highest BCUT2D eigenvalue weighted by Crippen LogP contribution is 2.32. The highest BCUT2D eigenvalue weighted by molar-refractivity contribution is 7.14. The summed E-state index contributed by atoms with van der Waals surface area (Å²) in [6.45, 7) is 4.24. The van der Waals surface area contributed by atoms with Gasteiger partial charge >= 0.3 is 12.0 Å². The molecular formula is C25H25N5O6S. The minimum Gasteiger partial charge on any atom is -0.462 e. The predicted molar refractivity (Wildman–Crippen MR) is 140 cm³/mol. The molecule has 2 aromatic heterocycles. The number of esters is 1. The first-order chi connectivity index (χ1) is 17.8. The molecule has 0 aliphatic carbocycles. The number of nitro benzene ring substituents is 1. The number of urea groups is 1. The van der Waals surface area contributed by atoms with Crippen LogP contribution in [0.5, 0.6) is 0 Å². The fraction of sp³-hybridized carbons (Fsp3) is 0.280. The lowest BCUT2D eigenvalue weighted by Crippen LogP contribution is -2.36. The summed E-state index contributed by atoms with van der Waals surface area (Å²) in [6, 6.07) is 8.31. The Morgan fingerprint density at radius 2 is 1.92 bits per heavy atom. The highest BCUT2D eigenvalue weighted by atomic mass is 32.1. The maximum absolute atomic E-state index is 13.5. The monoisotopic (exact) mass is 523 g/mol. The summed E-state index contributed by atoms with van der Waals surface area (Å²) < 4.78 is 5.07. The molecule has 37 heavy (non-hydrogen) atoms. The smallest absolute Gasteiger partial charge is 0.339 e. The van der Waals surface area contributed by atoms with Crippen molar-refractivity contribution in [1.82, 2.24) is 4.98 Å². The Bertz CT molecular complexity index is 1320. The molecule has 1 aliphatic heterocycles. The van der Waals surface area contributed by atoms with Crippen molar-refractivity contribution in [2.75, 3.05) is 28.3 Å². The molecule has 3 heterocycles. The van der Waals surface area contributed by atoms with Gasteiger partial charge in [-0.15, -0.1) is 11.3 Å². The van der Waals surface area contributed by atoms with Crippen LogP contribution in [-0.2, 0) is 9.53 Å². The van der Waals surface area contributed by atoms with Gasteiger partial charge in [-0.2, -0.15) is 0 Å². The molecule has 12 heteroatoms. The summed E-state index contributed by atoms with van der Waals surface area (Å²) in [5.41, 5.74) is 1.57. The van der Waals surface area contributed by atoms with Crippen molar-refractivity contribution in [3.8, 4) is 0 Å². The van der Waals surface area contributed by atoms with E-state index in [1.807, 2.05) is 0 Å². The van der Waals surface area contributed by atoms with Crippen LogP contribution in [0.4, 0.5) is 32.7 Å². The molecule has 4 rings (SSSR count). The standard InChI is InChI=1S/C25H25N5O6S/c1-3-36-24(32)20-15-37-23(16(20)2)27-25(33)29(17-7-9-18(10-8-17)30(34)35)19-11-12-21(26-14-19)28-13-5-4-6-22(28)31/h7-12,14-15H,3-6,13H2,1-2H3,(H,27,33). The number of hydrogen-bond acceptors (Lipinski definition) is 8. The van der Waals surface area contributed by atoms with E-state index >= 15 is 0 Å². The van der Waals surface area contributed by atoms with Crippen molar-refractivity contribution in [2.24, 2.45) is 0 Å². The number of anilines is 4. The molecule has 1 aromatic carbocycles. The van der Waals surface area contributed by atoms with Gasteiger partial charge in [0, 0.05) is 30.5 Å². The Labute approximate surface area is 216 Å². The summed E-state index contributed by atoms with van der Waals surface area (Å²) in [4.78, 5) is 55.9. The van der Waals surface area contributed by atoms with Gasteiger partial charge in [0.1, 0.15) is 10.8 Å². The quantitative estimate of drug-likeness (QED) is 0.248. The summed E-state index contributed by atoms with van der Waals surface area (Å²) in [6.07, 6.45) is 3.68. The Morgan fingerprint density at radius 1 is 1.19 bits per heavy atom. The number of pyridine rings is 1. The predicted octanol–water partition coefficient (Wildman–Crippen LogP) is 5.42. The lowest BCUT2D eigenvalue weighted by molar-refractivity contribution is -0.384. The molecule has 3 amide bonds. The van der Waals surface area contributed by atoms with E-state index in [9.17, 15) is 24.5 Å². The van der Waals surface area contributed by atoms with Crippen LogP contribution in [0.3, 0.4) is 0 Å². The van der Waals surface area contributed by atoms with E-state index in [1.165, 1.54) is 46.7 Å². The van der Waals surface area contributed by atoms with E-state index in [4.69, 9.17) is 4.74 Å². The van der Waals surface area contributed by atoms with Gasteiger partial charge in [0.2, 0.25) is 5.91 Å². The number of nitro groups is 1. The molecule has 0 atom stereocenters. The molecular weight excluding hydrogens is 498 g/mol. The third-order valence-electron chi connectivity index (χ3n) is 5.87. The average Bonchev–Trinajstić information content (AvgIpc) is 3.25. The third kappa shape index (κ3) is 5.59. The molecule has 192 valence electrons. The number of thiophene rings is 1. The maximum atomic E-state index is 13.5. The van der Waals surface area contributed by atoms with E-state index in [0.717, 1.165) is 12.8 Å². The number of amides is 3. The Morgan fingerprint density at radius 3 is 2.54 bits per heavy atom. The van der Waals surface area contributed by atoms with Crippen LogP contribution < -0.4 is 15.1 Å². The number of rotatable bonds is 7. The minimum atomic E-state index is -0.558. The summed E-state index contributed by atoms with van der Waals surface area (Å²) >= 11 is 1.19. The number of ether oxygens (including phenoxy) is 1. The second kappa shape index (κ2) is 11.2. The first kappa shape index (κ1) is 25.8. The third-order valence-corrected chi connectivity index (χ3v) is 6.86. The summed E-state index contributed by atoms with van der Waals surface area (Å²) in [5.74, 6) is 0.0174. The number of aromatic nitrogens is 1.